The molecular formula is C4H9NO3. The minimum atomic E-state index is -0.555. The summed E-state index contributed by atoms with van der Waals surface area (Å²) in [6, 6.07) is 0. The third-order valence-electron chi connectivity index (χ3n) is 0.729. The first kappa shape index (κ1) is 7.36. The summed E-state index contributed by atoms with van der Waals surface area (Å²) in [5.41, 5.74) is 0. The normalized spacial score (nSPS) is 13.2. The van der Waals surface area contributed by atoms with Gasteiger partial charge in [0, 0.05) is 11.3 Å². The molecule has 0 aliphatic carbocycles. The van der Waals surface area contributed by atoms with Crippen LogP contribution in [-0.2, 0) is 0 Å². The van der Waals surface area contributed by atoms with Gasteiger partial charge in [0.1, 0.15) is 0 Å². The summed E-state index contributed by atoms with van der Waals surface area (Å²) in [6.45, 7) is 1.39. The van der Waals surface area contributed by atoms with Crippen LogP contribution in [0.2, 0.25) is 0 Å². The Labute approximate surface area is 47.3 Å². The molecule has 0 unspecified atom stereocenters. The van der Waals surface area contributed by atoms with Crippen LogP contribution < -0.4 is 0 Å². The summed E-state index contributed by atoms with van der Waals surface area (Å²) >= 11 is 0. The molecule has 4 heteroatoms. The second-order valence-electron chi connectivity index (χ2n) is 1.69. The highest BCUT2D eigenvalue weighted by atomic mass is 16.6. The first-order chi connectivity index (χ1) is 3.63. The summed E-state index contributed by atoms with van der Waals surface area (Å²) in [5.74, 6) is 0. The van der Waals surface area contributed by atoms with E-state index in [0.29, 0.717) is 0 Å². The van der Waals surface area contributed by atoms with Crippen molar-refractivity contribution in [2.24, 2.45) is 0 Å². The lowest BCUT2D eigenvalue weighted by Crippen LogP contribution is -2.08. The second kappa shape index (κ2) is 3.37. The first-order valence-corrected chi connectivity index (χ1v) is 2.43. The molecule has 0 amide bonds. The Morgan fingerprint density at radius 2 is 2.38 bits per heavy atom. The molecule has 4 nitrogen and oxygen atoms in total. The van der Waals surface area contributed by atoms with E-state index in [1.807, 2.05) is 0 Å². The van der Waals surface area contributed by atoms with Crippen LogP contribution >= 0.6 is 0 Å². The second-order valence-corrected chi connectivity index (χ2v) is 1.69. The third kappa shape index (κ3) is 5.36. The van der Waals surface area contributed by atoms with Crippen LogP contribution in [0.25, 0.3) is 0 Å². The number of hydrogen-bond donors (Lipinski definition) is 1. The zero-order valence-electron chi connectivity index (χ0n) is 4.70. The van der Waals surface area contributed by atoms with Crippen LogP contribution in [0.5, 0.6) is 0 Å². The summed E-state index contributed by atoms with van der Waals surface area (Å²) in [6.07, 6.45) is -0.312. The van der Waals surface area contributed by atoms with E-state index in [1.54, 1.807) is 0 Å². The van der Waals surface area contributed by atoms with Crippen molar-refractivity contribution in [3.63, 3.8) is 0 Å². The SMILES string of the molecule is C[C@@H](O)CC[N+](=O)[O-]. The van der Waals surface area contributed by atoms with Gasteiger partial charge in [-0.15, -0.1) is 0 Å². The highest BCUT2D eigenvalue weighted by Gasteiger charge is 2.00. The molecule has 0 rings (SSSR count). The van der Waals surface area contributed by atoms with Crippen molar-refractivity contribution in [3.05, 3.63) is 10.1 Å². The molecule has 0 spiro atoms. The smallest absolute Gasteiger partial charge is 0.206 e. The van der Waals surface area contributed by atoms with Crippen molar-refractivity contribution in [3.8, 4) is 0 Å². The number of aliphatic hydroxyl groups is 1. The number of aliphatic hydroxyl groups excluding tert-OH is 1. The van der Waals surface area contributed by atoms with E-state index in [-0.39, 0.29) is 13.0 Å². The number of hydrogen-bond acceptors (Lipinski definition) is 3. The maximum absolute atomic E-state index is 9.60. The fraction of sp³-hybridized carbons (Fsp3) is 1.00. The highest BCUT2D eigenvalue weighted by molar-refractivity contribution is 4.42. The molecule has 1 N–H and O–H groups in total. The van der Waals surface area contributed by atoms with E-state index >= 15 is 0 Å². The van der Waals surface area contributed by atoms with E-state index in [1.165, 1.54) is 6.92 Å². The van der Waals surface area contributed by atoms with Crippen molar-refractivity contribution in [1.82, 2.24) is 0 Å². The molecule has 0 saturated carbocycles. The molecular weight excluding hydrogens is 110 g/mol. The molecule has 0 aliphatic rings. The lowest BCUT2D eigenvalue weighted by Gasteiger charge is -1.95. The Balaban J connectivity index is 3.05. The van der Waals surface area contributed by atoms with Crippen molar-refractivity contribution >= 4 is 0 Å². The predicted molar refractivity (Wildman–Crippen MR) is 28.2 cm³/mol. The third-order valence-corrected chi connectivity index (χ3v) is 0.729. The lowest BCUT2D eigenvalue weighted by molar-refractivity contribution is -0.481. The van der Waals surface area contributed by atoms with Crippen LogP contribution in [0.15, 0.2) is 0 Å². The van der Waals surface area contributed by atoms with Gasteiger partial charge >= 0.3 is 0 Å². The van der Waals surface area contributed by atoms with Gasteiger partial charge in [-0.25, -0.2) is 0 Å². The van der Waals surface area contributed by atoms with Crippen molar-refractivity contribution < 1.29 is 10.0 Å². The molecule has 1 atom stereocenters. The Kier molecular flexibility index (Phi) is 3.10. The number of nitro groups is 1. The van der Waals surface area contributed by atoms with Crippen LogP contribution in [-0.4, -0.2) is 22.7 Å². The zero-order chi connectivity index (χ0) is 6.57. The van der Waals surface area contributed by atoms with Gasteiger partial charge in [0.25, 0.3) is 0 Å². The monoisotopic (exact) mass is 119 g/mol. The minimum Gasteiger partial charge on any atom is -0.393 e. The minimum absolute atomic E-state index is 0.141. The average molecular weight is 119 g/mol. The first-order valence-electron chi connectivity index (χ1n) is 2.43. The maximum atomic E-state index is 9.60. The fourth-order valence-electron chi connectivity index (χ4n) is 0.292. The van der Waals surface area contributed by atoms with E-state index in [4.69, 9.17) is 5.11 Å². The molecule has 0 heterocycles. The van der Waals surface area contributed by atoms with E-state index in [2.05, 4.69) is 0 Å². The Morgan fingerprint density at radius 1 is 1.88 bits per heavy atom. The zero-order valence-corrected chi connectivity index (χ0v) is 4.70. The average Bonchev–Trinajstić information content (AvgIpc) is 1.61. The van der Waals surface area contributed by atoms with Gasteiger partial charge in [0.2, 0.25) is 6.54 Å². The maximum Gasteiger partial charge on any atom is 0.206 e. The summed E-state index contributed by atoms with van der Waals surface area (Å²) < 4.78 is 0. The quantitative estimate of drug-likeness (QED) is 0.421. The Hall–Kier alpha value is -0.640. The van der Waals surface area contributed by atoms with Crippen LogP contribution in [0.1, 0.15) is 13.3 Å². The predicted octanol–water partition coefficient (Wildman–Crippen LogP) is 0.0340. The number of rotatable bonds is 3. The van der Waals surface area contributed by atoms with Crippen LogP contribution in [0.3, 0.4) is 0 Å². The molecule has 0 aromatic rings. The highest BCUT2D eigenvalue weighted by Crippen LogP contribution is 1.87. The lowest BCUT2D eigenvalue weighted by atomic mass is 10.3. The molecule has 48 valence electrons. The van der Waals surface area contributed by atoms with Crippen molar-refractivity contribution in [1.29, 1.82) is 0 Å². The van der Waals surface area contributed by atoms with E-state index < -0.39 is 11.0 Å². The van der Waals surface area contributed by atoms with Gasteiger partial charge in [-0.3, -0.25) is 10.1 Å². The molecule has 0 bridgehead atoms. The molecule has 8 heavy (non-hydrogen) atoms. The molecule has 0 aromatic carbocycles. The Morgan fingerprint density at radius 3 is 2.50 bits per heavy atom. The van der Waals surface area contributed by atoms with Crippen LogP contribution in [0.4, 0.5) is 0 Å². The summed E-state index contributed by atoms with van der Waals surface area (Å²) in [4.78, 5) is 9.16. The summed E-state index contributed by atoms with van der Waals surface area (Å²) in [5, 5.41) is 18.1. The van der Waals surface area contributed by atoms with Crippen molar-refractivity contribution in [2.75, 3.05) is 6.54 Å². The van der Waals surface area contributed by atoms with Gasteiger partial charge in [0.15, 0.2) is 0 Å². The van der Waals surface area contributed by atoms with Gasteiger partial charge in [-0.2, -0.15) is 0 Å². The van der Waals surface area contributed by atoms with E-state index in [0.717, 1.165) is 0 Å². The summed E-state index contributed by atoms with van der Waals surface area (Å²) in [7, 11) is 0. The van der Waals surface area contributed by atoms with Gasteiger partial charge in [0.05, 0.1) is 6.10 Å². The Bertz CT molecular complexity index is 81.4. The molecule has 0 fully saturated rings. The molecule has 0 aromatic heterocycles. The fourth-order valence-corrected chi connectivity index (χ4v) is 0.292. The largest absolute Gasteiger partial charge is 0.393 e. The van der Waals surface area contributed by atoms with Gasteiger partial charge < -0.3 is 5.11 Å². The number of nitrogens with zero attached hydrogens (tertiary/aromatic N) is 1. The van der Waals surface area contributed by atoms with Crippen molar-refractivity contribution in [2.45, 2.75) is 19.4 Å². The topological polar surface area (TPSA) is 63.4 Å². The molecule has 0 aliphatic heterocycles. The van der Waals surface area contributed by atoms with Gasteiger partial charge in [-0.05, 0) is 6.92 Å². The standard InChI is InChI=1S/C4H9NO3/c1-4(6)2-3-5(7)8/h4,6H,2-3H2,1H3/t4-/m1/s1. The van der Waals surface area contributed by atoms with Crippen LogP contribution in [0, 0.1) is 10.1 Å². The molecule has 0 saturated heterocycles. The van der Waals surface area contributed by atoms with Gasteiger partial charge in [-0.1, -0.05) is 0 Å². The van der Waals surface area contributed by atoms with E-state index in [9.17, 15) is 10.1 Å². The molecule has 0 radical (unpaired) electrons.